The summed E-state index contributed by atoms with van der Waals surface area (Å²) in [6.45, 7) is 2.89. The number of aryl methyl sites for hydroxylation is 1. The number of nitrogens with zero attached hydrogens (tertiary/aromatic N) is 2. The Morgan fingerprint density at radius 3 is 2.37 bits per heavy atom. The predicted octanol–water partition coefficient (Wildman–Crippen LogP) is 4.08. The molecule has 0 bridgehead atoms. The minimum Gasteiger partial charge on any atom is -0.351 e. The molecule has 180 valence electrons. The Kier molecular flexibility index (Phi) is 8.08. The van der Waals surface area contributed by atoms with Gasteiger partial charge in [-0.3, -0.25) is 14.2 Å². The lowest BCUT2D eigenvalue weighted by Crippen LogP contribution is -2.33. The standard InChI is InChI=1S/C29H32N4O2/c1-32(17-5-6-22-9-11-23(21-30)12-10-22)19-16-31-28(34)26-13-14-27-25(20-26)15-18-33(27)29(35)24-7-3-2-4-8-24/h2-4,7-15,18,20H,5-6,16-17,19,21,30H2,1H3,(H,31,34). The van der Waals surface area contributed by atoms with Gasteiger partial charge in [0.1, 0.15) is 0 Å². The van der Waals surface area contributed by atoms with Crippen molar-refractivity contribution >= 4 is 22.7 Å². The fraction of sp³-hybridized carbons (Fsp3) is 0.241. The van der Waals surface area contributed by atoms with Crippen LogP contribution in [-0.4, -0.2) is 48.0 Å². The summed E-state index contributed by atoms with van der Waals surface area (Å²) in [7, 11) is 2.07. The summed E-state index contributed by atoms with van der Waals surface area (Å²) in [6, 6.07) is 24.9. The molecule has 0 saturated heterocycles. The molecule has 1 heterocycles. The quantitative estimate of drug-likeness (QED) is 0.368. The molecule has 0 aliphatic heterocycles. The fourth-order valence-corrected chi connectivity index (χ4v) is 4.15. The topological polar surface area (TPSA) is 80.4 Å². The van der Waals surface area contributed by atoms with Crippen molar-refractivity contribution in [2.24, 2.45) is 5.73 Å². The molecule has 0 radical (unpaired) electrons. The van der Waals surface area contributed by atoms with Crippen LogP contribution in [0.25, 0.3) is 10.9 Å². The zero-order chi connectivity index (χ0) is 24.6. The van der Waals surface area contributed by atoms with Gasteiger partial charge in [-0.25, -0.2) is 0 Å². The molecule has 0 atom stereocenters. The van der Waals surface area contributed by atoms with E-state index in [2.05, 4.69) is 41.5 Å². The number of nitrogens with two attached hydrogens (primary N) is 1. The largest absolute Gasteiger partial charge is 0.351 e. The van der Waals surface area contributed by atoms with Crippen molar-refractivity contribution in [3.8, 4) is 0 Å². The van der Waals surface area contributed by atoms with Crippen LogP contribution in [0, 0.1) is 0 Å². The summed E-state index contributed by atoms with van der Waals surface area (Å²) in [6.07, 6.45) is 3.83. The first kappa shape index (κ1) is 24.4. The third-order valence-corrected chi connectivity index (χ3v) is 6.24. The van der Waals surface area contributed by atoms with Crippen LogP contribution in [0.4, 0.5) is 0 Å². The van der Waals surface area contributed by atoms with Gasteiger partial charge in [0.2, 0.25) is 0 Å². The highest BCUT2D eigenvalue weighted by atomic mass is 16.2. The predicted molar refractivity (Wildman–Crippen MR) is 141 cm³/mol. The van der Waals surface area contributed by atoms with E-state index in [0.29, 0.717) is 24.2 Å². The molecule has 4 rings (SSSR count). The molecule has 0 aliphatic rings. The summed E-state index contributed by atoms with van der Waals surface area (Å²) >= 11 is 0. The lowest BCUT2D eigenvalue weighted by molar-refractivity contribution is 0.0947. The number of aromatic nitrogens is 1. The van der Waals surface area contributed by atoms with Gasteiger partial charge in [-0.05, 0) is 74.0 Å². The van der Waals surface area contributed by atoms with Crippen molar-refractivity contribution in [1.82, 2.24) is 14.8 Å². The zero-order valence-corrected chi connectivity index (χ0v) is 20.1. The van der Waals surface area contributed by atoms with E-state index in [4.69, 9.17) is 5.73 Å². The van der Waals surface area contributed by atoms with E-state index in [-0.39, 0.29) is 11.8 Å². The van der Waals surface area contributed by atoms with E-state index < -0.39 is 0 Å². The Hall–Kier alpha value is -3.74. The van der Waals surface area contributed by atoms with Crippen molar-refractivity contribution in [2.45, 2.75) is 19.4 Å². The molecular weight excluding hydrogens is 436 g/mol. The van der Waals surface area contributed by atoms with E-state index in [1.165, 1.54) is 5.56 Å². The number of nitrogens with one attached hydrogen (secondary N) is 1. The highest BCUT2D eigenvalue weighted by Gasteiger charge is 2.13. The molecule has 0 spiro atoms. The molecule has 35 heavy (non-hydrogen) atoms. The second-order valence-electron chi connectivity index (χ2n) is 8.81. The normalized spacial score (nSPS) is 11.2. The number of likely N-dealkylation sites (N-methyl/N-ethyl adjacent to an activating group) is 1. The third-order valence-electron chi connectivity index (χ3n) is 6.24. The molecule has 0 unspecified atom stereocenters. The monoisotopic (exact) mass is 468 g/mol. The lowest BCUT2D eigenvalue weighted by Gasteiger charge is -2.17. The van der Waals surface area contributed by atoms with Crippen molar-refractivity contribution in [1.29, 1.82) is 0 Å². The molecule has 1 aromatic heterocycles. The molecule has 3 aromatic carbocycles. The van der Waals surface area contributed by atoms with Gasteiger partial charge in [0.05, 0.1) is 5.52 Å². The van der Waals surface area contributed by atoms with Crippen molar-refractivity contribution in [3.05, 3.63) is 107 Å². The van der Waals surface area contributed by atoms with Gasteiger partial charge in [-0.15, -0.1) is 0 Å². The summed E-state index contributed by atoms with van der Waals surface area (Å²) in [4.78, 5) is 27.7. The van der Waals surface area contributed by atoms with Gasteiger partial charge in [-0.2, -0.15) is 0 Å². The van der Waals surface area contributed by atoms with Gasteiger partial charge < -0.3 is 16.0 Å². The van der Waals surface area contributed by atoms with Gasteiger partial charge >= 0.3 is 0 Å². The number of fused-ring (bicyclic) bond motifs is 1. The number of carbonyl (C=O) groups is 2. The Balaban J connectivity index is 1.25. The number of benzene rings is 3. The van der Waals surface area contributed by atoms with Crippen molar-refractivity contribution < 1.29 is 9.59 Å². The van der Waals surface area contributed by atoms with Crippen molar-refractivity contribution in [3.63, 3.8) is 0 Å². The van der Waals surface area contributed by atoms with Gasteiger partial charge in [0.15, 0.2) is 0 Å². The summed E-state index contributed by atoms with van der Waals surface area (Å²) in [5.41, 5.74) is 10.1. The number of rotatable bonds is 10. The fourth-order valence-electron chi connectivity index (χ4n) is 4.15. The first-order chi connectivity index (χ1) is 17.0. The maximum Gasteiger partial charge on any atom is 0.262 e. The molecule has 6 heteroatoms. The summed E-state index contributed by atoms with van der Waals surface area (Å²) < 4.78 is 1.62. The molecule has 0 saturated carbocycles. The van der Waals surface area contributed by atoms with Gasteiger partial charge in [0.25, 0.3) is 11.8 Å². The number of hydrogen-bond donors (Lipinski definition) is 2. The summed E-state index contributed by atoms with van der Waals surface area (Å²) in [5, 5.41) is 3.86. The van der Waals surface area contributed by atoms with Gasteiger partial charge in [0, 0.05) is 42.3 Å². The second kappa shape index (κ2) is 11.6. The minimum atomic E-state index is -0.109. The Labute approximate surface area is 206 Å². The van der Waals surface area contributed by atoms with Crippen LogP contribution in [0.15, 0.2) is 85.1 Å². The SMILES string of the molecule is CN(CCCc1ccc(CN)cc1)CCNC(=O)c1ccc2c(ccn2C(=O)c2ccccc2)c1. The van der Waals surface area contributed by atoms with E-state index in [0.717, 1.165) is 42.4 Å². The smallest absolute Gasteiger partial charge is 0.262 e. The highest BCUT2D eigenvalue weighted by molar-refractivity contribution is 6.04. The first-order valence-electron chi connectivity index (χ1n) is 12.0. The van der Waals surface area contributed by atoms with Crippen LogP contribution in [0.2, 0.25) is 0 Å². The second-order valence-corrected chi connectivity index (χ2v) is 8.81. The molecule has 1 amide bonds. The highest BCUT2D eigenvalue weighted by Crippen LogP contribution is 2.19. The molecule has 0 fully saturated rings. The van der Waals surface area contributed by atoms with E-state index >= 15 is 0 Å². The van der Waals surface area contributed by atoms with Crippen LogP contribution in [0.1, 0.15) is 38.3 Å². The molecular formula is C29H32N4O2. The van der Waals surface area contributed by atoms with Gasteiger partial charge in [-0.1, -0.05) is 42.5 Å². The molecule has 0 aliphatic carbocycles. The maximum absolute atomic E-state index is 12.8. The van der Waals surface area contributed by atoms with Crippen LogP contribution >= 0.6 is 0 Å². The third kappa shape index (κ3) is 6.23. The van der Waals surface area contributed by atoms with Crippen LogP contribution < -0.4 is 11.1 Å². The number of amides is 1. The Bertz CT molecular complexity index is 1280. The summed E-state index contributed by atoms with van der Waals surface area (Å²) in [5.74, 6) is -0.198. The Morgan fingerprint density at radius 1 is 0.886 bits per heavy atom. The minimum absolute atomic E-state index is 0.0894. The maximum atomic E-state index is 12.8. The number of hydrogen-bond acceptors (Lipinski definition) is 4. The van der Waals surface area contributed by atoms with E-state index in [9.17, 15) is 9.59 Å². The average Bonchev–Trinajstić information content (AvgIpc) is 3.32. The number of carbonyl (C=O) groups excluding carboxylic acids is 2. The zero-order valence-electron chi connectivity index (χ0n) is 20.1. The first-order valence-corrected chi connectivity index (χ1v) is 12.0. The Morgan fingerprint density at radius 2 is 1.63 bits per heavy atom. The van der Waals surface area contributed by atoms with Crippen LogP contribution in [0.3, 0.4) is 0 Å². The van der Waals surface area contributed by atoms with Crippen LogP contribution in [-0.2, 0) is 13.0 Å². The lowest BCUT2D eigenvalue weighted by atomic mass is 10.1. The van der Waals surface area contributed by atoms with Crippen molar-refractivity contribution in [2.75, 3.05) is 26.7 Å². The average molecular weight is 469 g/mol. The van der Waals surface area contributed by atoms with E-state index in [1.807, 2.05) is 36.4 Å². The molecule has 6 nitrogen and oxygen atoms in total. The molecule has 4 aromatic rings. The van der Waals surface area contributed by atoms with Crippen LogP contribution in [0.5, 0.6) is 0 Å². The molecule has 3 N–H and O–H groups in total. The van der Waals surface area contributed by atoms with E-state index in [1.54, 1.807) is 29.0 Å².